The van der Waals surface area contributed by atoms with Crippen molar-refractivity contribution in [1.82, 2.24) is 0 Å². The molecule has 1 fully saturated rings. The van der Waals surface area contributed by atoms with Gasteiger partial charge in [0.15, 0.2) is 0 Å². The van der Waals surface area contributed by atoms with Crippen LogP contribution in [0.25, 0.3) is 0 Å². The summed E-state index contributed by atoms with van der Waals surface area (Å²) in [5.41, 5.74) is 6.21. The Hall–Kier alpha value is -0.0400. The minimum Gasteiger partial charge on any atom is -0.330 e. The van der Waals surface area contributed by atoms with Crippen molar-refractivity contribution in [2.24, 2.45) is 17.1 Å². The number of hydrogen-bond donors (Lipinski definition) is 1. The topological polar surface area (TPSA) is 26.0 Å². The van der Waals surface area contributed by atoms with Crippen molar-refractivity contribution < 1.29 is 0 Å². The van der Waals surface area contributed by atoms with E-state index >= 15 is 0 Å². The Morgan fingerprint density at radius 1 is 1.55 bits per heavy atom. The van der Waals surface area contributed by atoms with Gasteiger partial charge in [-0.25, -0.2) is 0 Å². The van der Waals surface area contributed by atoms with E-state index in [1.807, 2.05) is 0 Å². The van der Waals surface area contributed by atoms with E-state index in [0.29, 0.717) is 5.41 Å². The van der Waals surface area contributed by atoms with Crippen LogP contribution in [-0.2, 0) is 0 Å². The third kappa shape index (κ3) is 1.76. The molecular weight excluding hydrogens is 134 g/mol. The highest BCUT2D eigenvalue weighted by Gasteiger charge is 2.35. The van der Waals surface area contributed by atoms with Crippen LogP contribution in [0.2, 0.25) is 0 Å². The molecule has 1 aliphatic rings. The fraction of sp³-hybridized carbons (Fsp3) is 1.00. The average molecular weight is 155 g/mol. The first-order valence-electron chi connectivity index (χ1n) is 4.93. The minimum absolute atomic E-state index is 0.624. The SMILES string of the molecule is CCC1(C)CCCC1CCN. The first-order chi connectivity index (χ1) is 5.23. The fourth-order valence-corrected chi connectivity index (χ4v) is 2.46. The van der Waals surface area contributed by atoms with Crippen molar-refractivity contribution in [3.63, 3.8) is 0 Å². The highest BCUT2D eigenvalue weighted by atomic mass is 14.5. The zero-order chi connectivity index (χ0) is 8.32. The van der Waals surface area contributed by atoms with Gasteiger partial charge in [0.2, 0.25) is 0 Å². The Morgan fingerprint density at radius 2 is 2.27 bits per heavy atom. The molecule has 2 unspecified atom stereocenters. The molecule has 1 rings (SSSR count). The number of rotatable bonds is 3. The van der Waals surface area contributed by atoms with Gasteiger partial charge in [-0.3, -0.25) is 0 Å². The van der Waals surface area contributed by atoms with E-state index in [1.165, 1.54) is 32.1 Å². The first kappa shape index (κ1) is 9.05. The van der Waals surface area contributed by atoms with Crippen molar-refractivity contribution in [1.29, 1.82) is 0 Å². The molecule has 0 aromatic heterocycles. The largest absolute Gasteiger partial charge is 0.330 e. The molecule has 0 heterocycles. The maximum atomic E-state index is 5.58. The first-order valence-corrected chi connectivity index (χ1v) is 4.93. The van der Waals surface area contributed by atoms with Gasteiger partial charge in [0.1, 0.15) is 0 Å². The fourth-order valence-electron chi connectivity index (χ4n) is 2.46. The Kier molecular flexibility index (Phi) is 2.94. The predicted octanol–water partition coefficient (Wildman–Crippen LogP) is 2.55. The molecule has 1 aliphatic carbocycles. The summed E-state index contributed by atoms with van der Waals surface area (Å²) in [4.78, 5) is 0. The second-order valence-electron chi connectivity index (χ2n) is 4.17. The Morgan fingerprint density at radius 3 is 2.82 bits per heavy atom. The van der Waals surface area contributed by atoms with E-state index in [9.17, 15) is 0 Å². The van der Waals surface area contributed by atoms with E-state index in [0.717, 1.165) is 12.5 Å². The quantitative estimate of drug-likeness (QED) is 0.666. The van der Waals surface area contributed by atoms with Gasteiger partial charge in [-0.2, -0.15) is 0 Å². The second kappa shape index (κ2) is 3.57. The minimum atomic E-state index is 0.624. The summed E-state index contributed by atoms with van der Waals surface area (Å²) in [5, 5.41) is 0. The lowest BCUT2D eigenvalue weighted by atomic mass is 9.76. The molecule has 1 saturated carbocycles. The number of hydrogen-bond acceptors (Lipinski definition) is 1. The van der Waals surface area contributed by atoms with Crippen molar-refractivity contribution in [3.05, 3.63) is 0 Å². The summed E-state index contributed by atoms with van der Waals surface area (Å²) < 4.78 is 0. The van der Waals surface area contributed by atoms with Crippen LogP contribution in [0.1, 0.15) is 46.0 Å². The van der Waals surface area contributed by atoms with Gasteiger partial charge in [-0.1, -0.05) is 26.7 Å². The Bertz CT molecular complexity index is 122. The molecule has 0 saturated heterocycles. The maximum Gasteiger partial charge on any atom is -0.00744 e. The molecule has 0 aromatic carbocycles. The van der Waals surface area contributed by atoms with Gasteiger partial charge in [-0.05, 0) is 37.1 Å². The van der Waals surface area contributed by atoms with Crippen LogP contribution in [0.3, 0.4) is 0 Å². The molecule has 0 spiro atoms. The van der Waals surface area contributed by atoms with Gasteiger partial charge >= 0.3 is 0 Å². The van der Waals surface area contributed by atoms with Gasteiger partial charge in [0, 0.05) is 0 Å². The summed E-state index contributed by atoms with van der Waals surface area (Å²) in [5.74, 6) is 0.914. The molecule has 0 aromatic rings. The highest BCUT2D eigenvalue weighted by molar-refractivity contribution is 4.87. The van der Waals surface area contributed by atoms with Crippen molar-refractivity contribution in [2.45, 2.75) is 46.0 Å². The van der Waals surface area contributed by atoms with E-state index in [4.69, 9.17) is 5.73 Å². The van der Waals surface area contributed by atoms with Crippen LogP contribution in [0.5, 0.6) is 0 Å². The lowest BCUT2D eigenvalue weighted by molar-refractivity contribution is 0.210. The molecule has 2 N–H and O–H groups in total. The third-order valence-electron chi connectivity index (χ3n) is 3.61. The lowest BCUT2D eigenvalue weighted by Crippen LogP contribution is -2.23. The molecule has 2 atom stereocenters. The van der Waals surface area contributed by atoms with Crippen molar-refractivity contribution in [3.8, 4) is 0 Å². The van der Waals surface area contributed by atoms with Gasteiger partial charge in [0.05, 0.1) is 0 Å². The monoisotopic (exact) mass is 155 g/mol. The zero-order valence-electron chi connectivity index (χ0n) is 7.90. The summed E-state index contributed by atoms with van der Waals surface area (Å²) in [7, 11) is 0. The number of nitrogens with two attached hydrogens (primary N) is 1. The molecular formula is C10H21N. The van der Waals surface area contributed by atoms with Crippen LogP contribution >= 0.6 is 0 Å². The molecule has 0 radical (unpaired) electrons. The zero-order valence-corrected chi connectivity index (χ0v) is 7.90. The second-order valence-corrected chi connectivity index (χ2v) is 4.17. The van der Waals surface area contributed by atoms with E-state index in [2.05, 4.69) is 13.8 Å². The summed E-state index contributed by atoms with van der Waals surface area (Å²) in [6.07, 6.45) is 6.84. The summed E-state index contributed by atoms with van der Waals surface area (Å²) in [6.45, 7) is 5.62. The molecule has 0 amide bonds. The summed E-state index contributed by atoms with van der Waals surface area (Å²) >= 11 is 0. The van der Waals surface area contributed by atoms with Crippen LogP contribution < -0.4 is 5.73 Å². The van der Waals surface area contributed by atoms with Crippen LogP contribution in [0, 0.1) is 11.3 Å². The standard InChI is InChI=1S/C10H21N/c1-3-10(2)7-4-5-9(10)6-8-11/h9H,3-8,11H2,1-2H3. The molecule has 0 aliphatic heterocycles. The van der Waals surface area contributed by atoms with Gasteiger partial charge in [0.25, 0.3) is 0 Å². The van der Waals surface area contributed by atoms with Gasteiger partial charge < -0.3 is 5.73 Å². The van der Waals surface area contributed by atoms with E-state index < -0.39 is 0 Å². The Balaban J connectivity index is 2.49. The van der Waals surface area contributed by atoms with E-state index in [1.54, 1.807) is 0 Å². The smallest absolute Gasteiger partial charge is 0.00744 e. The Labute approximate surface area is 70.4 Å². The maximum absolute atomic E-state index is 5.58. The highest BCUT2D eigenvalue weighted by Crippen LogP contribution is 2.46. The van der Waals surface area contributed by atoms with Crippen LogP contribution in [0.15, 0.2) is 0 Å². The molecule has 1 heteroatoms. The van der Waals surface area contributed by atoms with Crippen LogP contribution in [-0.4, -0.2) is 6.54 Å². The lowest BCUT2D eigenvalue weighted by Gasteiger charge is -2.30. The van der Waals surface area contributed by atoms with Crippen molar-refractivity contribution >= 4 is 0 Å². The third-order valence-corrected chi connectivity index (χ3v) is 3.61. The average Bonchev–Trinajstić information content (AvgIpc) is 2.35. The molecule has 1 nitrogen and oxygen atoms in total. The molecule has 66 valence electrons. The van der Waals surface area contributed by atoms with Crippen LogP contribution in [0.4, 0.5) is 0 Å². The van der Waals surface area contributed by atoms with Gasteiger partial charge in [-0.15, -0.1) is 0 Å². The van der Waals surface area contributed by atoms with E-state index in [-0.39, 0.29) is 0 Å². The molecule has 11 heavy (non-hydrogen) atoms. The van der Waals surface area contributed by atoms with Crippen molar-refractivity contribution in [2.75, 3.05) is 6.54 Å². The normalized spacial score (nSPS) is 37.9. The predicted molar refractivity (Wildman–Crippen MR) is 49.4 cm³/mol. The molecule has 0 bridgehead atoms. The summed E-state index contributed by atoms with van der Waals surface area (Å²) in [6, 6.07) is 0.